The summed E-state index contributed by atoms with van der Waals surface area (Å²) in [6, 6.07) is 18.9. The Labute approximate surface area is 302 Å². The van der Waals surface area contributed by atoms with Crippen LogP contribution >= 0.6 is 22.7 Å². The molecule has 0 aliphatic carbocycles. The van der Waals surface area contributed by atoms with Gasteiger partial charge in [0.05, 0.1) is 27.6 Å². The molecule has 11 nitrogen and oxygen atoms in total. The molecule has 0 unspecified atom stereocenters. The molecule has 50 heavy (non-hydrogen) atoms. The lowest BCUT2D eigenvalue weighted by Crippen LogP contribution is -2.46. The van der Waals surface area contributed by atoms with Crippen molar-refractivity contribution < 1.29 is 19.1 Å². The van der Waals surface area contributed by atoms with Crippen molar-refractivity contribution >= 4 is 40.7 Å². The normalized spacial score (nSPS) is 12.8. The lowest BCUT2D eigenvalue weighted by atomic mass is 9.96. The highest BCUT2D eigenvalue weighted by Crippen LogP contribution is 2.20. The number of alkyl carbamates (subject to hydrolysis) is 1. The number of urea groups is 1. The molecule has 0 aliphatic heterocycles. The van der Waals surface area contributed by atoms with Gasteiger partial charge in [0.15, 0.2) is 0 Å². The monoisotopic (exact) mass is 717 g/mol. The number of amides is 4. The van der Waals surface area contributed by atoms with Gasteiger partial charge in [-0.3, -0.25) is 9.78 Å². The van der Waals surface area contributed by atoms with Crippen molar-refractivity contribution in [1.29, 1.82) is 0 Å². The van der Waals surface area contributed by atoms with E-state index < -0.39 is 18.0 Å². The van der Waals surface area contributed by atoms with Crippen LogP contribution in [0.1, 0.15) is 66.2 Å². The van der Waals surface area contributed by atoms with Crippen LogP contribution in [0.25, 0.3) is 0 Å². The SMILES string of the molecule is CN/C(C)=C(\NC(=O)N(C)Cc1csc(C(C)C)n1)C(=O)N[C@H](CC[C@H](Cc1ccccc1)NC(=O)OCc1cncs1)Cc1ccccc1. The summed E-state index contributed by atoms with van der Waals surface area (Å²) in [4.78, 5) is 51.1. The first-order chi connectivity index (χ1) is 24.1. The highest BCUT2D eigenvalue weighted by molar-refractivity contribution is 7.09. The van der Waals surface area contributed by atoms with Crippen LogP contribution in [0.4, 0.5) is 9.59 Å². The van der Waals surface area contributed by atoms with E-state index in [2.05, 4.69) is 45.1 Å². The van der Waals surface area contributed by atoms with E-state index in [1.54, 1.807) is 44.1 Å². The number of carbonyl (C=O) groups excluding carboxylic acids is 3. The topological polar surface area (TPSA) is 138 Å². The van der Waals surface area contributed by atoms with Crippen LogP contribution in [-0.4, -0.2) is 59.1 Å². The van der Waals surface area contributed by atoms with Crippen molar-refractivity contribution in [3.05, 3.63) is 116 Å². The molecule has 0 radical (unpaired) electrons. The van der Waals surface area contributed by atoms with Gasteiger partial charge in [0.25, 0.3) is 5.91 Å². The maximum absolute atomic E-state index is 13.9. The molecule has 4 aromatic rings. The minimum absolute atomic E-state index is 0.133. The summed E-state index contributed by atoms with van der Waals surface area (Å²) < 4.78 is 5.49. The van der Waals surface area contributed by atoms with Crippen LogP contribution < -0.4 is 21.3 Å². The van der Waals surface area contributed by atoms with Gasteiger partial charge in [0.2, 0.25) is 0 Å². The summed E-state index contributed by atoms with van der Waals surface area (Å²) in [5.74, 6) is -0.104. The summed E-state index contributed by atoms with van der Waals surface area (Å²) in [6.07, 6.45) is 3.43. The van der Waals surface area contributed by atoms with E-state index in [1.807, 2.05) is 66.0 Å². The van der Waals surface area contributed by atoms with E-state index in [0.717, 1.165) is 26.7 Å². The maximum Gasteiger partial charge on any atom is 0.407 e. The summed E-state index contributed by atoms with van der Waals surface area (Å²) in [6.45, 7) is 6.36. The Morgan fingerprint density at radius 2 is 1.52 bits per heavy atom. The van der Waals surface area contributed by atoms with E-state index >= 15 is 0 Å². The fourth-order valence-corrected chi connectivity index (χ4v) is 6.52. The van der Waals surface area contributed by atoms with E-state index in [4.69, 9.17) is 4.74 Å². The predicted molar refractivity (Wildman–Crippen MR) is 199 cm³/mol. The number of benzene rings is 2. The number of nitrogens with one attached hydrogen (secondary N) is 4. The van der Waals surface area contributed by atoms with Crippen LogP contribution in [0.3, 0.4) is 0 Å². The van der Waals surface area contributed by atoms with Crippen molar-refractivity contribution in [3.63, 3.8) is 0 Å². The maximum atomic E-state index is 13.9. The summed E-state index contributed by atoms with van der Waals surface area (Å²) >= 11 is 3.00. The Kier molecular flexibility index (Phi) is 14.8. The van der Waals surface area contributed by atoms with Gasteiger partial charge in [-0.2, -0.15) is 0 Å². The van der Waals surface area contributed by atoms with Crippen molar-refractivity contribution in [2.45, 2.75) is 77.6 Å². The van der Waals surface area contributed by atoms with Gasteiger partial charge in [0, 0.05) is 49.4 Å². The summed E-state index contributed by atoms with van der Waals surface area (Å²) in [5.41, 5.74) is 5.27. The molecule has 266 valence electrons. The molecule has 0 saturated heterocycles. The second-order valence-electron chi connectivity index (χ2n) is 12.4. The molecule has 0 bridgehead atoms. The number of allylic oxidation sites excluding steroid dienone is 1. The fraction of sp³-hybridized carbons (Fsp3) is 0.378. The predicted octanol–water partition coefficient (Wildman–Crippen LogP) is 6.36. The number of hydrogen-bond donors (Lipinski definition) is 4. The van der Waals surface area contributed by atoms with Crippen molar-refractivity contribution in [1.82, 2.24) is 36.1 Å². The smallest absolute Gasteiger partial charge is 0.407 e. The summed E-state index contributed by atoms with van der Waals surface area (Å²) in [5, 5.41) is 15.0. The van der Waals surface area contributed by atoms with Crippen LogP contribution in [0.15, 0.2) is 89.1 Å². The van der Waals surface area contributed by atoms with Crippen molar-refractivity contribution in [2.75, 3.05) is 14.1 Å². The Hall–Kier alpha value is -4.75. The average Bonchev–Trinajstić information content (AvgIpc) is 3.82. The molecule has 0 fully saturated rings. The molecule has 2 atom stereocenters. The molecule has 0 aliphatic rings. The largest absolute Gasteiger partial charge is 0.444 e. The van der Waals surface area contributed by atoms with Crippen molar-refractivity contribution in [3.8, 4) is 0 Å². The Morgan fingerprint density at radius 3 is 2.06 bits per heavy atom. The number of carbonyl (C=O) groups is 3. The summed E-state index contributed by atoms with van der Waals surface area (Å²) in [7, 11) is 3.38. The van der Waals surface area contributed by atoms with Crippen LogP contribution in [-0.2, 0) is 35.5 Å². The van der Waals surface area contributed by atoms with Crippen LogP contribution in [0.2, 0.25) is 0 Å². The lowest BCUT2D eigenvalue weighted by Gasteiger charge is -2.25. The minimum atomic E-state index is -0.511. The zero-order chi connectivity index (χ0) is 35.9. The van der Waals surface area contributed by atoms with Gasteiger partial charge < -0.3 is 30.9 Å². The fourth-order valence-electron chi connectivity index (χ4n) is 5.19. The third kappa shape index (κ3) is 12.3. The number of aromatic nitrogens is 2. The third-order valence-electron chi connectivity index (χ3n) is 8.02. The zero-order valence-corrected chi connectivity index (χ0v) is 30.9. The quantitative estimate of drug-likeness (QED) is 0.0934. The van der Waals surface area contributed by atoms with Crippen molar-refractivity contribution in [2.24, 2.45) is 0 Å². The number of nitrogens with zero attached hydrogens (tertiary/aromatic N) is 3. The molecular weight excluding hydrogens is 671 g/mol. The molecule has 0 spiro atoms. The molecule has 4 N–H and O–H groups in total. The number of thiazole rings is 2. The molecular formula is C37H47N7O4S2. The first kappa shape index (κ1) is 38.1. The number of rotatable bonds is 17. The first-order valence-electron chi connectivity index (χ1n) is 16.7. The molecule has 4 amide bonds. The van der Waals surface area contributed by atoms with E-state index in [0.29, 0.717) is 43.8 Å². The molecule has 2 heterocycles. The van der Waals surface area contributed by atoms with Crippen LogP contribution in [0, 0.1) is 0 Å². The molecule has 2 aromatic carbocycles. The van der Waals surface area contributed by atoms with E-state index in [1.165, 1.54) is 16.2 Å². The second-order valence-corrected chi connectivity index (χ2v) is 14.2. The minimum Gasteiger partial charge on any atom is -0.444 e. The first-order valence-corrected chi connectivity index (χ1v) is 18.4. The van der Waals surface area contributed by atoms with Gasteiger partial charge in [0.1, 0.15) is 12.3 Å². The second kappa shape index (κ2) is 19.4. The Bertz CT molecular complexity index is 1680. The Morgan fingerprint density at radius 1 is 0.900 bits per heavy atom. The highest BCUT2D eigenvalue weighted by atomic mass is 32.1. The Balaban J connectivity index is 1.46. The highest BCUT2D eigenvalue weighted by Gasteiger charge is 2.24. The van der Waals surface area contributed by atoms with Gasteiger partial charge in [-0.25, -0.2) is 14.6 Å². The molecule has 2 aromatic heterocycles. The van der Waals surface area contributed by atoms with Gasteiger partial charge in [-0.05, 0) is 43.7 Å². The molecule has 13 heteroatoms. The van der Waals surface area contributed by atoms with Crippen LogP contribution in [0.5, 0.6) is 0 Å². The van der Waals surface area contributed by atoms with Gasteiger partial charge >= 0.3 is 12.1 Å². The molecule has 4 rings (SSSR count). The lowest BCUT2D eigenvalue weighted by molar-refractivity contribution is -0.118. The third-order valence-corrected chi connectivity index (χ3v) is 9.97. The number of hydrogen-bond acceptors (Lipinski definition) is 9. The van der Waals surface area contributed by atoms with E-state index in [-0.39, 0.29) is 24.4 Å². The average molecular weight is 718 g/mol. The molecule has 0 saturated carbocycles. The van der Waals surface area contributed by atoms with E-state index in [9.17, 15) is 14.4 Å². The van der Waals surface area contributed by atoms with Gasteiger partial charge in [-0.1, -0.05) is 74.5 Å². The number of ether oxygens (including phenoxy) is 1. The standard InChI is InChI=1S/C37H47N7O4S2/c1-25(2)35-41-31(23-49-35)21-44(5)36(46)43-33(26(3)38-4)34(45)40-29(18-27-12-8-6-9-13-27)16-17-30(19-28-14-10-7-11-15-28)42-37(47)48-22-32-20-39-24-50-32/h6-15,20,23-25,29-30,38H,16-19,21-22H2,1-5H3,(H,40,45)(H,42,47)(H,43,46)/b33-26-/t29-,30-/m1/s1. The van der Waals surface area contributed by atoms with Gasteiger partial charge in [-0.15, -0.1) is 22.7 Å². The zero-order valence-electron chi connectivity index (χ0n) is 29.3.